The van der Waals surface area contributed by atoms with Crippen molar-refractivity contribution in [2.45, 2.75) is 51.7 Å². The molecule has 2 N–H and O–H groups in total. The van der Waals surface area contributed by atoms with Crippen molar-refractivity contribution in [1.82, 2.24) is 15.2 Å². The van der Waals surface area contributed by atoms with E-state index in [1.54, 1.807) is 0 Å². The Kier molecular flexibility index (Phi) is 5.68. The molecule has 2 heterocycles. The second-order valence-electron chi connectivity index (χ2n) is 9.67. The number of anilines is 1. The fourth-order valence-corrected chi connectivity index (χ4v) is 4.93. The van der Waals surface area contributed by atoms with E-state index < -0.39 is 0 Å². The Morgan fingerprint density at radius 2 is 2.03 bits per heavy atom. The number of fused-ring (bicyclic) bond motifs is 1. The number of rotatable bonds is 7. The minimum absolute atomic E-state index is 0.00825. The van der Waals surface area contributed by atoms with Crippen LogP contribution < -0.4 is 15.5 Å². The lowest BCUT2D eigenvalue weighted by molar-refractivity contribution is 0.0939. The summed E-state index contributed by atoms with van der Waals surface area (Å²) >= 11 is 0. The van der Waals surface area contributed by atoms with Crippen LogP contribution in [0.15, 0.2) is 48.7 Å². The van der Waals surface area contributed by atoms with E-state index in [0.29, 0.717) is 6.04 Å². The summed E-state index contributed by atoms with van der Waals surface area (Å²) in [6.45, 7) is 7.17. The van der Waals surface area contributed by atoms with Gasteiger partial charge in [0.15, 0.2) is 0 Å². The van der Waals surface area contributed by atoms with Gasteiger partial charge in [0.2, 0.25) is 0 Å². The maximum absolute atomic E-state index is 13.3. The van der Waals surface area contributed by atoms with Crippen molar-refractivity contribution in [2.75, 3.05) is 25.0 Å². The maximum Gasteiger partial charge on any atom is 0.252 e. The first-order valence-corrected chi connectivity index (χ1v) is 11.9. The first-order chi connectivity index (χ1) is 15.5. The van der Waals surface area contributed by atoms with Gasteiger partial charge in [-0.3, -0.25) is 4.79 Å². The largest absolute Gasteiger partial charge is 0.369 e. The molecule has 0 bridgehead atoms. The number of benzene rings is 2. The predicted molar refractivity (Wildman–Crippen MR) is 131 cm³/mol. The molecule has 1 saturated heterocycles. The van der Waals surface area contributed by atoms with E-state index in [1.807, 2.05) is 13.0 Å². The highest BCUT2D eigenvalue weighted by Gasteiger charge is 2.24. The van der Waals surface area contributed by atoms with Crippen LogP contribution in [0, 0.1) is 12.8 Å². The molecule has 1 aliphatic carbocycles. The van der Waals surface area contributed by atoms with Crippen LogP contribution in [0.4, 0.5) is 5.69 Å². The van der Waals surface area contributed by atoms with Gasteiger partial charge in [0.25, 0.3) is 5.91 Å². The number of carbonyl (C=O) groups excluding carboxylic acids is 1. The molecule has 1 aromatic heterocycles. The van der Waals surface area contributed by atoms with Gasteiger partial charge in [0.05, 0.1) is 17.6 Å². The molecular weight excluding hydrogens is 396 g/mol. The quantitative estimate of drug-likeness (QED) is 0.574. The summed E-state index contributed by atoms with van der Waals surface area (Å²) < 4.78 is 2.39. The molecular formula is C27H34N4O. The summed E-state index contributed by atoms with van der Waals surface area (Å²) in [5.74, 6) is 0.780. The summed E-state index contributed by atoms with van der Waals surface area (Å²) in [6, 6.07) is 15.3. The molecule has 1 aliphatic heterocycles. The number of para-hydroxylation sites is 1. The Bertz CT molecular complexity index is 1130. The van der Waals surface area contributed by atoms with Gasteiger partial charge in [-0.15, -0.1) is 0 Å². The van der Waals surface area contributed by atoms with E-state index in [9.17, 15) is 4.79 Å². The fourth-order valence-electron chi connectivity index (χ4n) is 4.93. The second-order valence-corrected chi connectivity index (χ2v) is 9.67. The van der Waals surface area contributed by atoms with Crippen LogP contribution in [0.25, 0.3) is 10.9 Å². The van der Waals surface area contributed by atoms with Crippen LogP contribution in [0.2, 0.25) is 0 Å². The van der Waals surface area contributed by atoms with Crippen molar-refractivity contribution < 1.29 is 4.79 Å². The van der Waals surface area contributed by atoms with E-state index in [-0.39, 0.29) is 11.9 Å². The van der Waals surface area contributed by atoms with Crippen LogP contribution >= 0.6 is 0 Å². The number of nitrogens with one attached hydrogen (secondary N) is 2. The molecule has 5 heteroatoms. The third kappa shape index (κ3) is 3.90. The fraction of sp³-hybridized carbons (Fsp3) is 0.444. The van der Waals surface area contributed by atoms with E-state index in [2.05, 4.69) is 76.7 Å². The lowest BCUT2D eigenvalue weighted by Crippen LogP contribution is -2.56. The normalized spacial score (nSPS) is 17.6. The number of aryl methyl sites for hydroxylation is 1. The van der Waals surface area contributed by atoms with Crippen LogP contribution in [0.3, 0.4) is 0 Å². The Labute approximate surface area is 190 Å². The van der Waals surface area contributed by atoms with Gasteiger partial charge >= 0.3 is 0 Å². The van der Waals surface area contributed by atoms with Gasteiger partial charge in [0.1, 0.15) is 0 Å². The zero-order valence-electron chi connectivity index (χ0n) is 19.4. The van der Waals surface area contributed by atoms with E-state index in [1.165, 1.54) is 35.7 Å². The molecule has 1 amide bonds. The van der Waals surface area contributed by atoms with Gasteiger partial charge in [-0.2, -0.15) is 0 Å². The number of hydrogen-bond acceptors (Lipinski definition) is 3. The summed E-state index contributed by atoms with van der Waals surface area (Å²) in [4.78, 5) is 15.6. The Morgan fingerprint density at radius 3 is 2.72 bits per heavy atom. The molecule has 168 valence electrons. The van der Waals surface area contributed by atoms with Gasteiger partial charge < -0.3 is 20.1 Å². The molecule has 1 atom stereocenters. The number of hydrogen-bond donors (Lipinski definition) is 2. The predicted octanol–water partition coefficient (Wildman–Crippen LogP) is 4.65. The standard InChI is InChI=1S/C27H34N4O/c1-18-10-11-22(30(3)23-15-28-16-23)14-25(18)27(32)29-19(2)24-9-5-8-21-12-13-31(26(21)24)17-20-6-4-7-20/h5,8-14,19-20,23,28H,4,6-7,15-17H2,1-3H3,(H,29,32). The van der Waals surface area contributed by atoms with Gasteiger partial charge in [-0.05, 0) is 67.3 Å². The van der Waals surface area contributed by atoms with Crippen molar-refractivity contribution in [3.05, 3.63) is 65.4 Å². The minimum atomic E-state index is -0.0714. The summed E-state index contributed by atoms with van der Waals surface area (Å²) in [6.07, 6.45) is 6.22. The molecule has 2 aromatic carbocycles. The van der Waals surface area contributed by atoms with Crippen LogP contribution in [-0.4, -0.2) is 36.7 Å². The number of aromatic nitrogens is 1. The summed E-state index contributed by atoms with van der Waals surface area (Å²) in [7, 11) is 2.11. The third-order valence-corrected chi connectivity index (χ3v) is 7.49. The molecule has 1 saturated carbocycles. The maximum atomic E-state index is 13.3. The van der Waals surface area contributed by atoms with E-state index in [0.717, 1.165) is 42.4 Å². The highest BCUT2D eigenvalue weighted by atomic mass is 16.1. The molecule has 32 heavy (non-hydrogen) atoms. The van der Waals surface area contributed by atoms with Crippen molar-refractivity contribution in [2.24, 2.45) is 5.92 Å². The second kappa shape index (κ2) is 8.62. The van der Waals surface area contributed by atoms with E-state index >= 15 is 0 Å². The van der Waals surface area contributed by atoms with Crippen LogP contribution in [-0.2, 0) is 6.54 Å². The Morgan fingerprint density at radius 1 is 1.22 bits per heavy atom. The summed E-state index contributed by atoms with van der Waals surface area (Å²) in [5, 5.41) is 7.85. The molecule has 2 fully saturated rings. The summed E-state index contributed by atoms with van der Waals surface area (Å²) in [5.41, 5.74) is 5.30. The van der Waals surface area contributed by atoms with Gasteiger partial charge in [0, 0.05) is 44.1 Å². The topological polar surface area (TPSA) is 49.3 Å². The van der Waals surface area contributed by atoms with Gasteiger partial charge in [-0.25, -0.2) is 0 Å². The third-order valence-electron chi connectivity index (χ3n) is 7.49. The van der Waals surface area contributed by atoms with Crippen LogP contribution in [0.1, 0.15) is 53.7 Å². The zero-order chi connectivity index (χ0) is 22.2. The smallest absolute Gasteiger partial charge is 0.252 e. The van der Waals surface area contributed by atoms with E-state index in [4.69, 9.17) is 0 Å². The SMILES string of the molecule is Cc1ccc(N(C)C2CNC2)cc1C(=O)NC(C)c1cccc2ccn(CC3CCC3)c12. The molecule has 1 unspecified atom stereocenters. The number of likely N-dealkylation sites (N-methyl/N-ethyl adjacent to an activating group) is 1. The van der Waals surface area contributed by atoms with Gasteiger partial charge in [-0.1, -0.05) is 30.7 Å². The van der Waals surface area contributed by atoms with Crippen molar-refractivity contribution in [3.63, 3.8) is 0 Å². The average Bonchev–Trinajstić information content (AvgIpc) is 3.12. The number of nitrogens with zero attached hydrogens (tertiary/aromatic N) is 2. The molecule has 2 aliphatic rings. The molecule has 0 radical (unpaired) electrons. The zero-order valence-corrected chi connectivity index (χ0v) is 19.4. The average molecular weight is 431 g/mol. The number of carbonyl (C=O) groups is 1. The lowest BCUT2D eigenvalue weighted by Gasteiger charge is -2.37. The molecule has 5 nitrogen and oxygen atoms in total. The first kappa shape index (κ1) is 21.1. The van der Waals surface area contributed by atoms with Crippen LogP contribution in [0.5, 0.6) is 0 Å². The van der Waals surface area contributed by atoms with Crippen molar-refractivity contribution in [3.8, 4) is 0 Å². The highest BCUT2D eigenvalue weighted by molar-refractivity contribution is 5.97. The molecule has 5 rings (SSSR count). The first-order valence-electron chi connectivity index (χ1n) is 11.9. The lowest BCUT2D eigenvalue weighted by atomic mass is 9.85. The molecule has 0 spiro atoms. The van der Waals surface area contributed by atoms with Crippen molar-refractivity contribution >= 4 is 22.5 Å². The Hall–Kier alpha value is -2.79. The number of amides is 1. The van der Waals surface area contributed by atoms with Crippen molar-refractivity contribution in [1.29, 1.82) is 0 Å². The Balaban J connectivity index is 1.38. The monoisotopic (exact) mass is 430 g/mol. The molecule has 3 aromatic rings. The highest BCUT2D eigenvalue weighted by Crippen LogP contribution is 2.32. The minimum Gasteiger partial charge on any atom is -0.369 e.